The number of carbonyl (C=O) groups is 1. The van der Waals surface area contributed by atoms with Gasteiger partial charge >= 0.3 is 0 Å². The molecule has 4 heteroatoms. The Morgan fingerprint density at radius 3 is 2.68 bits per heavy atom. The molecule has 1 aliphatic heterocycles. The second kappa shape index (κ2) is 7.04. The lowest BCUT2D eigenvalue weighted by molar-refractivity contribution is 0.0406. The SMILES string of the molecule is COC1CCN(CCC(=O)c2ccccc2Cl)CC1. The number of benzene rings is 1. The monoisotopic (exact) mass is 281 g/mol. The van der Waals surface area contributed by atoms with E-state index in [1.807, 2.05) is 12.1 Å². The molecule has 3 nitrogen and oxygen atoms in total. The lowest BCUT2D eigenvalue weighted by atomic mass is 10.1. The van der Waals surface area contributed by atoms with Gasteiger partial charge in [0.05, 0.1) is 11.1 Å². The Bertz CT molecular complexity index is 428. The third kappa shape index (κ3) is 4.03. The van der Waals surface area contributed by atoms with E-state index in [4.69, 9.17) is 16.3 Å². The summed E-state index contributed by atoms with van der Waals surface area (Å²) >= 11 is 6.03. The summed E-state index contributed by atoms with van der Waals surface area (Å²) in [5.74, 6) is 0.125. The molecule has 0 N–H and O–H groups in total. The first-order valence-corrected chi connectivity index (χ1v) is 7.11. The number of ether oxygens (including phenoxy) is 1. The third-order valence-electron chi connectivity index (χ3n) is 3.70. The molecule has 1 fully saturated rings. The maximum absolute atomic E-state index is 12.1. The predicted molar refractivity (Wildman–Crippen MR) is 76.9 cm³/mol. The third-order valence-corrected chi connectivity index (χ3v) is 4.03. The molecule has 19 heavy (non-hydrogen) atoms. The van der Waals surface area contributed by atoms with Crippen molar-refractivity contribution in [2.24, 2.45) is 0 Å². The number of likely N-dealkylation sites (tertiary alicyclic amines) is 1. The van der Waals surface area contributed by atoms with Crippen LogP contribution in [0.25, 0.3) is 0 Å². The summed E-state index contributed by atoms with van der Waals surface area (Å²) < 4.78 is 5.34. The maximum atomic E-state index is 12.1. The van der Waals surface area contributed by atoms with E-state index in [-0.39, 0.29) is 5.78 Å². The number of hydrogen-bond donors (Lipinski definition) is 0. The van der Waals surface area contributed by atoms with Crippen molar-refractivity contribution >= 4 is 17.4 Å². The summed E-state index contributed by atoms with van der Waals surface area (Å²) in [5, 5.41) is 0.547. The molecule has 104 valence electrons. The van der Waals surface area contributed by atoms with E-state index in [9.17, 15) is 4.79 Å². The molecule has 0 unspecified atom stereocenters. The van der Waals surface area contributed by atoms with Gasteiger partial charge in [-0.15, -0.1) is 0 Å². The van der Waals surface area contributed by atoms with Crippen LogP contribution in [0.1, 0.15) is 29.6 Å². The first kappa shape index (κ1) is 14.5. The van der Waals surface area contributed by atoms with E-state index >= 15 is 0 Å². The van der Waals surface area contributed by atoms with Crippen molar-refractivity contribution in [2.45, 2.75) is 25.4 Å². The zero-order valence-electron chi connectivity index (χ0n) is 11.3. The van der Waals surface area contributed by atoms with Gasteiger partial charge in [0.1, 0.15) is 0 Å². The van der Waals surface area contributed by atoms with Gasteiger partial charge in [-0.05, 0) is 25.0 Å². The molecular formula is C15H20ClNO2. The van der Waals surface area contributed by atoms with Crippen molar-refractivity contribution in [2.75, 3.05) is 26.7 Å². The van der Waals surface area contributed by atoms with Crippen LogP contribution in [0, 0.1) is 0 Å². The highest BCUT2D eigenvalue weighted by Crippen LogP contribution is 2.18. The van der Waals surface area contributed by atoms with Gasteiger partial charge in [-0.2, -0.15) is 0 Å². The van der Waals surface area contributed by atoms with Gasteiger partial charge < -0.3 is 9.64 Å². The maximum Gasteiger partial charge on any atom is 0.165 e. The second-order valence-electron chi connectivity index (χ2n) is 4.93. The van der Waals surface area contributed by atoms with Crippen LogP contribution in [0.5, 0.6) is 0 Å². The van der Waals surface area contributed by atoms with Crippen molar-refractivity contribution in [3.8, 4) is 0 Å². The number of ketones is 1. The van der Waals surface area contributed by atoms with Crippen molar-refractivity contribution in [3.05, 3.63) is 34.9 Å². The average molecular weight is 282 g/mol. The van der Waals surface area contributed by atoms with Gasteiger partial charge in [0.2, 0.25) is 0 Å². The minimum Gasteiger partial charge on any atom is -0.381 e. The molecule has 0 radical (unpaired) electrons. The van der Waals surface area contributed by atoms with Gasteiger partial charge in [0, 0.05) is 38.7 Å². The lowest BCUT2D eigenvalue weighted by Crippen LogP contribution is -2.37. The minimum atomic E-state index is 0.125. The topological polar surface area (TPSA) is 29.5 Å². The van der Waals surface area contributed by atoms with Crippen LogP contribution in [-0.4, -0.2) is 43.5 Å². The van der Waals surface area contributed by atoms with Crippen molar-refractivity contribution in [1.29, 1.82) is 0 Å². The standard InChI is InChI=1S/C15H20ClNO2/c1-19-12-6-9-17(10-7-12)11-8-15(18)13-4-2-3-5-14(13)16/h2-5,12H,6-11H2,1H3. The molecular weight excluding hydrogens is 262 g/mol. The van der Waals surface area contributed by atoms with Crippen LogP contribution in [0.15, 0.2) is 24.3 Å². The molecule has 1 aliphatic rings. The van der Waals surface area contributed by atoms with Crippen molar-refractivity contribution in [3.63, 3.8) is 0 Å². The van der Waals surface area contributed by atoms with Gasteiger partial charge in [-0.25, -0.2) is 0 Å². The number of piperidine rings is 1. The van der Waals surface area contributed by atoms with E-state index < -0.39 is 0 Å². The summed E-state index contributed by atoms with van der Waals surface area (Å²) in [6.07, 6.45) is 3.02. The number of carbonyl (C=O) groups excluding carboxylic acids is 1. The zero-order chi connectivity index (χ0) is 13.7. The summed E-state index contributed by atoms with van der Waals surface area (Å²) in [5.41, 5.74) is 0.635. The zero-order valence-corrected chi connectivity index (χ0v) is 12.0. The highest BCUT2D eigenvalue weighted by atomic mass is 35.5. The number of Topliss-reactive ketones (excluding diaryl/α,β-unsaturated/α-hetero) is 1. The number of nitrogens with zero attached hydrogens (tertiary/aromatic N) is 1. The van der Waals surface area contributed by atoms with Crippen LogP contribution in [0.4, 0.5) is 0 Å². The fraction of sp³-hybridized carbons (Fsp3) is 0.533. The van der Waals surface area contributed by atoms with E-state index in [0.29, 0.717) is 23.1 Å². The van der Waals surface area contributed by atoms with Gasteiger partial charge in [0.15, 0.2) is 5.78 Å². The predicted octanol–water partition coefficient (Wildman–Crippen LogP) is 3.02. The molecule has 0 aliphatic carbocycles. The molecule has 0 spiro atoms. The number of hydrogen-bond acceptors (Lipinski definition) is 3. The van der Waals surface area contributed by atoms with Crippen molar-refractivity contribution < 1.29 is 9.53 Å². The summed E-state index contributed by atoms with van der Waals surface area (Å²) in [4.78, 5) is 14.4. The Labute approximate surface area is 119 Å². The molecule has 1 aromatic carbocycles. The summed E-state index contributed by atoms with van der Waals surface area (Å²) in [6, 6.07) is 7.25. The molecule has 0 saturated carbocycles. The fourth-order valence-electron chi connectivity index (χ4n) is 2.45. The van der Waals surface area contributed by atoms with E-state index in [0.717, 1.165) is 32.5 Å². The van der Waals surface area contributed by atoms with E-state index in [1.54, 1.807) is 19.2 Å². The molecule has 0 aromatic heterocycles. The molecule has 0 atom stereocenters. The van der Waals surface area contributed by atoms with Crippen molar-refractivity contribution in [1.82, 2.24) is 4.90 Å². The summed E-state index contributed by atoms with van der Waals surface area (Å²) in [6.45, 7) is 2.82. The number of methoxy groups -OCH3 is 1. The van der Waals surface area contributed by atoms with Crippen LogP contribution in [0.2, 0.25) is 5.02 Å². The van der Waals surface area contributed by atoms with Crippen LogP contribution in [0.3, 0.4) is 0 Å². The Morgan fingerprint density at radius 1 is 1.37 bits per heavy atom. The first-order chi connectivity index (χ1) is 9.20. The van der Waals surface area contributed by atoms with Crippen LogP contribution >= 0.6 is 11.6 Å². The normalized spacial score (nSPS) is 17.6. The second-order valence-corrected chi connectivity index (χ2v) is 5.34. The molecule has 1 saturated heterocycles. The lowest BCUT2D eigenvalue weighted by Gasteiger charge is -2.30. The molecule has 0 amide bonds. The summed E-state index contributed by atoms with van der Waals surface area (Å²) in [7, 11) is 1.77. The smallest absolute Gasteiger partial charge is 0.165 e. The Morgan fingerprint density at radius 2 is 2.05 bits per heavy atom. The molecule has 2 rings (SSSR count). The van der Waals surface area contributed by atoms with Crippen LogP contribution in [-0.2, 0) is 4.74 Å². The number of halogens is 1. The van der Waals surface area contributed by atoms with E-state index in [2.05, 4.69) is 4.90 Å². The van der Waals surface area contributed by atoms with Gasteiger partial charge in [-0.3, -0.25) is 4.79 Å². The molecule has 0 bridgehead atoms. The molecule has 1 aromatic rings. The minimum absolute atomic E-state index is 0.125. The molecule has 1 heterocycles. The Kier molecular flexibility index (Phi) is 5.37. The Hall–Kier alpha value is -0.900. The first-order valence-electron chi connectivity index (χ1n) is 6.73. The number of rotatable bonds is 5. The fourth-order valence-corrected chi connectivity index (χ4v) is 2.69. The van der Waals surface area contributed by atoms with E-state index in [1.165, 1.54) is 0 Å². The van der Waals surface area contributed by atoms with Gasteiger partial charge in [0.25, 0.3) is 0 Å². The van der Waals surface area contributed by atoms with Gasteiger partial charge in [-0.1, -0.05) is 23.7 Å². The highest BCUT2D eigenvalue weighted by molar-refractivity contribution is 6.33. The average Bonchev–Trinajstić information content (AvgIpc) is 2.46. The largest absolute Gasteiger partial charge is 0.381 e. The van der Waals surface area contributed by atoms with Crippen LogP contribution < -0.4 is 0 Å². The Balaban J connectivity index is 1.80. The highest BCUT2D eigenvalue weighted by Gasteiger charge is 2.19. The quantitative estimate of drug-likeness (QED) is 0.777.